The molecule has 0 aliphatic heterocycles. The molecule has 25 heavy (non-hydrogen) atoms. The number of hydrogen-bond acceptors (Lipinski definition) is 7. The second-order valence-electron chi connectivity index (χ2n) is 5.26. The molecule has 0 aliphatic carbocycles. The van der Waals surface area contributed by atoms with Crippen molar-refractivity contribution in [2.24, 2.45) is 10.2 Å². The third-order valence-corrected chi connectivity index (χ3v) is 4.53. The second kappa shape index (κ2) is 8.54. The van der Waals surface area contributed by atoms with Crippen LogP contribution in [-0.4, -0.2) is 31.0 Å². The molecule has 1 heterocycles. The third-order valence-electron chi connectivity index (χ3n) is 3.28. The molecule has 0 saturated heterocycles. The molecule has 2 rings (SSSR count). The molecule has 2 aromatic rings. The molecule has 1 aromatic heterocycles. The average molecular weight is 431 g/mol. The summed E-state index contributed by atoms with van der Waals surface area (Å²) >= 11 is 3.09. The van der Waals surface area contributed by atoms with E-state index in [1.165, 1.54) is 18.3 Å². The molecule has 0 fully saturated rings. The Morgan fingerprint density at radius 2 is 1.92 bits per heavy atom. The zero-order chi connectivity index (χ0) is 18.4. The maximum absolute atomic E-state index is 11.7. The fraction of sp³-hybridized carbons (Fsp3) is 0.400. The summed E-state index contributed by atoms with van der Waals surface area (Å²) in [6, 6.07) is 4.62. The van der Waals surface area contributed by atoms with E-state index in [4.69, 9.17) is 4.42 Å². The number of hydrogen-bond donors (Lipinski definition) is 1. The van der Waals surface area contributed by atoms with Gasteiger partial charge in [0.25, 0.3) is 10.1 Å². The highest BCUT2D eigenvalue weighted by Crippen LogP contribution is 2.31. The minimum Gasteiger partial charge on any atom is -0.414 e. The van der Waals surface area contributed by atoms with Crippen molar-refractivity contribution in [3.8, 4) is 0 Å². The Labute approximate surface area is 154 Å². The first-order chi connectivity index (χ1) is 11.8. The molecule has 0 aliphatic rings. The van der Waals surface area contributed by atoms with E-state index in [0.29, 0.717) is 10.4 Å². The summed E-state index contributed by atoms with van der Waals surface area (Å²) in [6.45, 7) is 5.65. The Kier molecular flexibility index (Phi) is 6.68. The largest absolute Gasteiger partial charge is 0.414 e. The first-order valence-corrected chi connectivity index (χ1v) is 9.98. The number of aromatic nitrogens is 1. The van der Waals surface area contributed by atoms with Crippen molar-refractivity contribution in [1.82, 2.24) is 4.98 Å². The average Bonchev–Trinajstić information content (AvgIpc) is 2.97. The van der Waals surface area contributed by atoms with Crippen molar-refractivity contribution in [2.45, 2.75) is 31.6 Å². The van der Waals surface area contributed by atoms with E-state index in [9.17, 15) is 13.0 Å². The maximum Gasteiger partial charge on any atom is 0.341 e. The van der Waals surface area contributed by atoms with Gasteiger partial charge in [0.2, 0.25) is 0 Å². The van der Waals surface area contributed by atoms with Gasteiger partial charge in [-0.3, -0.25) is 4.55 Å². The topological polar surface area (TPSA) is 108 Å². The molecule has 8 nitrogen and oxygen atoms in total. The van der Waals surface area contributed by atoms with Crippen LogP contribution < -0.4 is 4.90 Å². The van der Waals surface area contributed by atoms with Gasteiger partial charge in [0.1, 0.15) is 10.6 Å². The lowest BCUT2D eigenvalue weighted by Crippen LogP contribution is -2.25. The van der Waals surface area contributed by atoms with Gasteiger partial charge in [-0.15, -0.1) is 5.11 Å². The Balaban J connectivity index is 2.42. The molecule has 0 amide bonds. The smallest absolute Gasteiger partial charge is 0.341 e. The van der Waals surface area contributed by atoms with Gasteiger partial charge in [0.15, 0.2) is 4.67 Å². The lowest BCUT2D eigenvalue weighted by atomic mass is 10.2. The first-order valence-electron chi connectivity index (χ1n) is 7.74. The molecule has 10 heteroatoms. The Bertz CT molecular complexity index is 845. The summed E-state index contributed by atoms with van der Waals surface area (Å²) in [5, 5.41) is 7.59. The van der Waals surface area contributed by atoms with Gasteiger partial charge in [-0.05, 0) is 47.0 Å². The third kappa shape index (κ3) is 5.35. The molecular formula is C15H19BrN4O4S. The zero-order valence-electron chi connectivity index (χ0n) is 13.9. The van der Waals surface area contributed by atoms with E-state index >= 15 is 0 Å². The minimum absolute atomic E-state index is 0.00789. The van der Waals surface area contributed by atoms with E-state index in [-0.39, 0.29) is 16.6 Å². The highest BCUT2D eigenvalue weighted by molar-refractivity contribution is 9.10. The van der Waals surface area contributed by atoms with E-state index in [2.05, 4.69) is 36.0 Å². The van der Waals surface area contributed by atoms with Gasteiger partial charge >= 0.3 is 6.01 Å². The van der Waals surface area contributed by atoms with Crippen molar-refractivity contribution < 1.29 is 17.4 Å². The fourth-order valence-electron chi connectivity index (χ4n) is 2.29. The number of anilines is 1. The van der Waals surface area contributed by atoms with Crippen LogP contribution in [0.15, 0.2) is 48.6 Å². The van der Waals surface area contributed by atoms with Crippen molar-refractivity contribution in [3.05, 3.63) is 29.1 Å². The van der Waals surface area contributed by atoms with Gasteiger partial charge in [-0.25, -0.2) is 0 Å². The van der Waals surface area contributed by atoms with Gasteiger partial charge in [0.05, 0.1) is 6.20 Å². The van der Waals surface area contributed by atoms with Gasteiger partial charge in [-0.1, -0.05) is 19.0 Å². The molecule has 1 N–H and O–H groups in total. The predicted octanol–water partition coefficient (Wildman–Crippen LogP) is 4.73. The molecule has 0 spiro atoms. The summed E-state index contributed by atoms with van der Waals surface area (Å²) in [5.74, 6) is 0. The van der Waals surface area contributed by atoms with Crippen molar-refractivity contribution >= 4 is 43.4 Å². The number of rotatable bonds is 8. The summed E-state index contributed by atoms with van der Waals surface area (Å²) in [4.78, 5) is 5.57. The maximum atomic E-state index is 11.7. The van der Waals surface area contributed by atoms with Gasteiger partial charge < -0.3 is 9.32 Å². The quantitative estimate of drug-likeness (QED) is 0.478. The number of nitrogens with zero attached hydrogens (tertiary/aromatic N) is 4. The van der Waals surface area contributed by atoms with Crippen LogP contribution in [0.2, 0.25) is 0 Å². The lowest BCUT2D eigenvalue weighted by molar-refractivity contribution is 0.483. The van der Waals surface area contributed by atoms with E-state index < -0.39 is 10.1 Å². The monoisotopic (exact) mass is 430 g/mol. The summed E-state index contributed by atoms with van der Waals surface area (Å²) in [5.41, 5.74) is 0.711. The zero-order valence-corrected chi connectivity index (χ0v) is 16.3. The Morgan fingerprint density at radius 3 is 2.44 bits per heavy atom. The second-order valence-corrected chi connectivity index (χ2v) is 7.43. The standard InChI is InChI=1S/C15H19BrN4O4S/c1-3-7-20(8-4-2)11-5-6-12(13(9-11)25(21,22)23)18-19-15-17-10-14(16)24-15/h5-6,9-10H,3-4,7-8H2,1-2H3,(H,21,22,23). The molecule has 0 unspecified atom stereocenters. The van der Waals surface area contributed by atoms with Crippen LogP contribution in [-0.2, 0) is 10.1 Å². The number of halogens is 1. The minimum atomic E-state index is -4.46. The summed E-state index contributed by atoms with van der Waals surface area (Å²) in [6.07, 6.45) is 3.23. The van der Waals surface area contributed by atoms with E-state index in [1.807, 2.05) is 13.8 Å². The highest BCUT2D eigenvalue weighted by atomic mass is 79.9. The molecule has 0 radical (unpaired) electrons. The van der Waals surface area contributed by atoms with Crippen LogP contribution in [0.5, 0.6) is 0 Å². The van der Waals surface area contributed by atoms with Crippen molar-refractivity contribution in [2.75, 3.05) is 18.0 Å². The summed E-state index contributed by atoms with van der Waals surface area (Å²) < 4.78 is 38.5. The lowest BCUT2D eigenvalue weighted by Gasteiger charge is -2.24. The molecule has 0 bridgehead atoms. The molecule has 0 atom stereocenters. The van der Waals surface area contributed by atoms with Crippen LogP contribution in [0.3, 0.4) is 0 Å². The van der Waals surface area contributed by atoms with Crippen molar-refractivity contribution in [3.63, 3.8) is 0 Å². The van der Waals surface area contributed by atoms with Crippen LogP contribution >= 0.6 is 15.9 Å². The van der Waals surface area contributed by atoms with Gasteiger partial charge in [-0.2, -0.15) is 13.4 Å². The number of benzene rings is 1. The van der Waals surface area contributed by atoms with Gasteiger partial charge in [0, 0.05) is 18.8 Å². The Hall–Kier alpha value is -1.78. The Morgan fingerprint density at radius 1 is 1.24 bits per heavy atom. The van der Waals surface area contributed by atoms with E-state index in [1.54, 1.807) is 6.07 Å². The fourth-order valence-corrected chi connectivity index (χ4v) is 3.18. The van der Waals surface area contributed by atoms with Crippen molar-refractivity contribution in [1.29, 1.82) is 0 Å². The summed E-state index contributed by atoms with van der Waals surface area (Å²) in [7, 11) is -4.46. The normalized spacial score (nSPS) is 12.0. The van der Waals surface area contributed by atoms with Crippen LogP contribution in [0, 0.1) is 0 Å². The predicted molar refractivity (Wildman–Crippen MR) is 97.4 cm³/mol. The molecule has 0 saturated carbocycles. The molecular weight excluding hydrogens is 412 g/mol. The number of azo groups is 1. The first kappa shape index (κ1) is 19.5. The van der Waals surface area contributed by atoms with Crippen LogP contribution in [0.25, 0.3) is 0 Å². The van der Waals surface area contributed by atoms with Crippen LogP contribution in [0.4, 0.5) is 17.4 Å². The van der Waals surface area contributed by atoms with E-state index in [0.717, 1.165) is 25.9 Å². The highest BCUT2D eigenvalue weighted by Gasteiger charge is 2.18. The van der Waals surface area contributed by atoms with Crippen LogP contribution in [0.1, 0.15) is 26.7 Å². The molecule has 1 aromatic carbocycles. The SMILES string of the molecule is CCCN(CCC)c1ccc(N=Nc2ncc(Br)o2)c(S(=O)(=O)O)c1. The molecule has 136 valence electrons. The number of oxazole rings is 1.